The van der Waals surface area contributed by atoms with Crippen molar-refractivity contribution in [2.24, 2.45) is 0 Å². The maximum absolute atomic E-state index is 4.61. The van der Waals surface area contributed by atoms with Crippen LogP contribution in [0.4, 0.5) is 0 Å². The summed E-state index contributed by atoms with van der Waals surface area (Å²) in [4.78, 5) is 1.47. The zero-order chi connectivity index (χ0) is 15.4. The van der Waals surface area contributed by atoms with Crippen LogP contribution in [0.1, 0.15) is 48.6 Å². The molecule has 0 radical (unpaired) electrons. The minimum Gasteiger partial charge on any atom is -0.309 e. The molecule has 1 N–H and O–H groups in total. The van der Waals surface area contributed by atoms with Crippen molar-refractivity contribution < 1.29 is 0 Å². The van der Waals surface area contributed by atoms with Gasteiger partial charge in [0.05, 0.1) is 15.9 Å². The highest BCUT2D eigenvalue weighted by atomic mass is 79.9. The van der Waals surface area contributed by atoms with Gasteiger partial charge in [-0.05, 0) is 59.8 Å². The standard InChI is InChI=1S/C16H24BrN3S/c1-5-12-8-9-21-16(12)13(18-6-2)10-14-15(17)11(4)19-20(14)7-3/h8-9,13,18H,5-7,10H2,1-4H3. The smallest absolute Gasteiger partial charge is 0.0738 e. The number of nitrogens with zero attached hydrogens (tertiary/aromatic N) is 2. The maximum Gasteiger partial charge on any atom is 0.0738 e. The van der Waals surface area contributed by atoms with Crippen LogP contribution in [0.25, 0.3) is 0 Å². The van der Waals surface area contributed by atoms with Gasteiger partial charge in [-0.3, -0.25) is 4.68 Å². The van der Waals surface area contributed by atoms with Crippen molar-refractivity contribution in [2.75, 3.05) is 6.54 Å². The Labute approximate surface area is 139 Å². The average molecular weight is 370 g/mol. The Kier molecular flexibility index (Phi) is 6.02. The quantitative estimate of drug-likeness (QED) is 0.778. The molecule has 0 saturated carbocycles. The Morgan fingerprint density at radius 3 is 2.76 bits per heavy atom. The molecule has 2 aromatic heterocycles. The van der Waals surface area contributed by atoms with E-state index in [1.54, 1.807) is 0 Å². The van der Waals surface area contributed by atoms with Crippen molar-refractivity contribution in [3.05, 3.63) is 37.7 Å². The maximum atomic E-state index is 4.61. The van der Waals surface area contributed by atoms with E-state index in [1.807, 2.05) is 11.3 Å². The summed E-state index contributed by atoms with van der Waals surface area (Å²) in [5, 5.41) is 10.5. The average Bonchev–Trinajstić information content (AvgIpc) is 3.06. The summed E-state index contributed by atoms with van der Waals surface area (Å²) in [5.74, 6) is 0. The molecule has 21 heavy (non-hydrogen) atoms. The first kappa shape index (κ1) is 16.7. The summed E-state index contributed by atoms with van der Waals surface area (Å²) in [6.45, 7) is 10.5. The second-order valence-corrected chi connectivity index (χ2v) is 6.88. The molecule has 0 aliphatic carbocycles. The van der Waals surface area contributed by atoms with E-state index in [9.17, 15) is 0 Å². The van der Waals surface area contributed by atoms with Crippen LogP contribution in [0.5, 0.6) is 0 Å². The normalized spacial score (nSPS) is 12.8. The van der Waals surface area contributed by atoms with E-state index in [-0.39, 0.29) is 0 Å². The largest absolute Gasteiger partial charge is 0.309 e. The highest BCUT2D eigenvalue weighted by Gasteiger charge is 2.21. The minimum absolute atomic E-state index is 0.364. The topological polar surface area (TPSA) is 29.9 Å². The van der Waals surface area contributed by atoms with Crippen molar-refractivity contribution in [1.29, 1.82) is 0 Å². The number of likely N-dealkylation sites (N-methyl/N-ethyl adjacent to an activating group) is 1. The number of aryl methyl sites for hydroxylation is 3. The van der Waals surface area contributed by atoms with Gasteiger partial charge in [0.2, 0.25) is 0 Å². The Morgan fingerprint density at radius 1 is 1.38 bits per heavy atom. The molecule has 0 spiro atoms. The number of rotatable bonds is 7. The van der Waals surface area contributed by atoms with E-state index in [4.69, 9.17) is 0 Å². The fourth-order valence-electron chi connectivity index (χ4n) is 2.71. The molecule has 3 nitrogen and oxygen atoms in total. The Bertz CT molecular complexity index is 588. The third-order valence-corrected chi connectivity index (χ3v) is 5.88. The van der Waals surface area contributed by atoms with Gasteiger partial charge in [0.25, 0.3) is 0 Å². The molecule has 0 aliphatic heterocycles. The first-order chi connectivity index (χ1) is 10.1. The third kappa shape index (κ3) is 3.58. The number of thiophene rings is 1. The number of nitrogens with one attached hydrogen (secondary N) is 1. The van der Waals surface area contributed by atoms with Crippen LogP contribution in [-0.2, 0) is 19.4 Å². The third-order valence-electron chi connectivity index (χ3n) is 3.78. The van der Waals surface area contributed by atoms with E-state index < -0.39 is 0 Å². The molecule has 116 valence electrons. The fourth-order valence-corrected chi connectivity index (χ4v) is 4.23. The lowest BCUT2D eigenvalue weighted by molar-refractivity contribution is 0.519. The first-order valence-corrected chi connectivity index (χ1v) is 9.30. The van der Waals surface area contributed by atoms with E-state index in [0.29, 0.717) is 6.04 Å². The molecule has 5 heteroatoms. The first-order valence-electron chi connectivity index (χ1n) is 7.63. The van der Waals surface area contributed by atoms with Gasteiger partial charge in [-0.2, -0.15) is 5.10 Å². The molecule has 0 bridgehead atoms. The lowest BCUT2D eigenvalue weighted by atomic mass is 10.0. The van der Waals surface area contributed by atoms with Gasteiger partial charge < -0.3 is 5.32 Å². The second-order valence-electron chi connectivity index (χ2n) is 5.14. The number of hydrogen-bond acceptors (Lipinski definition) is 3. The fraction of sp³-hybridized carbons (Fsp3) is 0.562. The molecular formula is C16H24BrN3S. The lowest BCUT2D eigenvalue weighted by Gasteiger charge is -2.19. The summed E-state index contributed by atoms with van der Waals surface area (Å²) in [5.41, 5.74) is 3.82. The number of hydrogen-bond donors (Lipinski definition) is 1. The molecule has 2 aromatic rings. The van der Waals surface area contributed by atoms with Crippen molar-refractivity contribution in [2.45, 2.75) is 53.1 Å². The molecule has 2 rings (SSSR count). The number of halogens is 1. The predicted octanol–water partition coefficient (Wildman–Crippen LogP) is 4.49. The van der Waals surface area contributed by atoms with Gasteiger partial charge in [0, 0.05) is 23.9 Å². The van der Waals surface area contributed by atoms with Gasteiger partial charge >= 0.3 is 0 Å². The number of aromatic nitrogens is 2. The summed E-state index contributed by atoms with van der Waals surface area (Å²) in [7, 11) is 0. The van der Waals surface area contributed by atoms with Gasteiger partial charge in [-0.1, -0.05) is 13.8 Å². The lowest BCUT2D eigenvalue weighted by Crippen LogP contribution is -2.24. The molecule has 0 fully saturated rings. The van der Waals surface area contributed by atoms with Crippen LogP contribution in [0.2, 0.25) is 0 Å². The van der Waals surface area contributed by atoms with Crippen molar-refractivity contribution >= 4 is 27.3 Å². The molecule has 0 saturated heterocycles. The summed E-state index contributed by atoms with van der Waals surface area (Å²) in [6, 6.07) is 2.62. The molecule has 0 aromatic carbocycles. The Balaban J connectivity index is 2.33. The zero-order valence-electron chi connectivity index (χ0n) is 13.2. The second kappa shape index (κ2) is 7.56. The van der Waals surface area contributed by atoms with Gasteiger partial charge in [-0.15, -0.1) is 11.3 Å². The monoisotopic (exact) mass is 369 g/mol. The van der Waals surface area contributed by atoms with Crippen LogP contribution in [-0.4, -0.2) is 16.3 Å². The SMILES string of the molecule is CCNC(Cc1c(Br)c(C)nn1CC)c1sccc1CC. The molecule has 1 atom stereocenters. The van der Waals surface area contributed by atoms with E-state index in [0.717, 1.165) is 36.1 Å². The summed E-state index contributed by atoms with van der Waals surface area (Å²) < 4.78 is 3.27. The van der Waals surface area contributed by atoms with Crippen LogP contribution < -0.4 is 5.32 Å². The van der Waals surface area contributed by atoms with Gasteiger partial charge in [-0.25, -0.2) is 0 Å². The molecule has 0 amide bonds. The van der Waals surface area contributed by atoms with E-state index in [2.05, 4.69) is 70.2 Å². The zero-order valence-corrected chi connectivity index (χ0v) is 15.6. The Morgan fingerprint density at radius 2 is 2.14 bits per heavy atom. The van der Waals surface area contributed by atoms with Crippen molar-refractivity contribution in [1.82, 2.24) is 15.1 Å². The molecule has 0 aliphatic rings. The van der Waals surface area contributed by atoms with Crippen LogP contribution in [0, 0.1) is 6.92 Å². The highest BCUT2D eigenvalue weighted by molar-refractivity contribution is 9.10. The highest BCUT2D eigenvalue weighted by Crippen LogP contribution is 2.31. The minimum atomic E-state index is 0.364. The van der Waals surface area contributed by atoms with Crippen molar-refractivity contribution in [3.8, 4) is 0 Å². The van der Waals surface area contributed by atoms with Gasteiger partial charge in [0.1, 0.15) is 0 Å². The molecular weight excluding hydrogens is 346 g/mol. The van der Waals surface area contributed by atoms with Crippen LogP contribution >= 0.6 is 27.3 Å². The summed E-state index contributed by atoms with van der Waals surface area (Å²) >= 11 is 5.57. The van der Waals surface area contributed by atoms with Crippen LogP contribution in [0.15, 0.2) is 15.9 Å². The predicted molar refractivity (Wildman–Crippen MR) is 94.2 cm³/mol. The van der Waals surface area contributed by atoms with Crippen molar-refractivity contribution in [3.63, 3.8) is 0 Å². The summed E-state index contributed by atoms with van der Waals surface area (Å²) in [6.07, 6.45) is 2.06. The molecule has 1 unspecified atom stereocenters. The molecule has 2 heterocycles. The van der Waals surface area contributed by atoms with Gasteiger partial charge in [0.15, 0.2) is 0 Å². The Hall–Kier alpha value is -0.650. The van der Waals surface area contributed by atoms with Crippen LogP contribution in [0.3, 0.4) is 0 Å². The van der Waals surface area contributed by atoms with E-state index >= 15 is 0 Å². The van der Waals surface area contributed by atoms with E-state index in [1.165, 1.54) is 16.1 Å².